The van der Waals surface area contributed by atoms with E-state index in [1.807, 2.05) is 6.20 Å². The van der Waals surface area contributed by atoms with Gasteiger partial charge in [-0.2, -0.15) is 0 Å². The highest BCUT2D eigenvalue weighted by molar-refractivity contribution is 5.82. The van der Waals surface area contributed by atoms with Crippen molar-refractivity contribution < 1.29 is 4.79 Å². The van der Waals surface area contributed by atoms with Crippen LogP contribution in [0.2, 0.25) is 0 Å². The number of hydrogen-bond donors (Lipinski definition) is 2. The molecule has 2 heterocycles. The molecule has 4 N–H and O–H groups in total. The summed E-state index contributed by atoms with van der Waals surface area (Å²) in [6.07, 6.45) is 5.79. The Bertz CT molecular complexity index is 439. The Balaban J connectivity index is 1.93. The molecule has 3 rings (SSSR count). The molecule has 1 saturated heterocycles. The number of likely N-dealkylation sites (tertiary alicyclic amines) is 1. The van der Waals surface area contributed by atoms with E-state index in [-0.39, 0.29) is 17.7 Å². The lowest BCUT2D eigenvalue weighted by molar-refractivity contribution is -0.137. The predicted octanol–water partition coefficient (Wildman–Crippen LogP) is 0.814. The molecule has 3 atom stereocenters. The van der Waals surface area contributed by atoms with Crippen LogP contribution in [0.15, 0.2) is 11.8 Å². The number of nitrogens with two attached hydrogens (primary N) is 2. The Morgan fingerprint density at radius 2 is 1.95 bits per heavy atom. The molecule has 0 spiro atoms. The van der Waals surface area contributed by atoms with Gasteiger partial charge in [0.1, 0.15) is 11.8 Å². The van der Waals surface area contributed by atoms with Crippen molar-refractivity contribution in [2.24, 2.45) is 23.3 Å². The van der Waals surface area contributed by atoms with Crippen molar-refractivity contribution in [1.29, 1.82) is 0 Å². The van der Waals surface area contributed by atoms with Crippen LogP contribution in [0.3, 0.4) is 0 Å². The van der Waals surface area contributed by atoms with Gasteiger partial charge in [-0.3, -0.25) is 14.6 Å². The van der Waals surface area contributed by atoms with Crippen molar-refractivity contribution in [3.63, 3.8) is 0 Å². The Hall–Kier alpha value is -0.910. The van der Waals surface area contributed by atoms with E-state index in [9.17, 15) is 4.79 Å². The van der Waals surface area contributed by atoms with Crippen LogP contribution < -0.4 is 11.5 Å². The standard InChI is InChI=1S/C15H26N4O/c1-10-9-19(13(20)12-5-6-12)14(16)15(17,11(10)2)18-7-3-4-8-18/h9,11-12,14H,3-8,16-17H2,1-2H3. The summed E-state index contributed by atoms with van der Waals surface area (Å²) in [5.74, 6) is 0.484. The molecule has 1 amide bonds. The molecule has 0 aromatic heterocycles. The van der Waals surface area contributed by atoms with Crippen molar-refractivity contribution in [1.82, 2.24) is 9.80 Å². The van der Waals surface area contributed by atoms with E-state index < -0.39 is 11.8 Å². The molecule has 5 heteroatoms. The van der Waals surface area contributed by atoms with Gasteiger partial charge in [-0.25, -0.2) is 0 Å². The maximum atomic E-state index is 12.5. The summed E-state index contributed by atoms with van der Waals surface area (Å²) < 4.78 is 0. The normalized spacial score (nSPS) is 39.0. The Morgan fingerprint density at radius 3 is 2.50 bits per heavy atom. The first-order valence-corrected chi connectivity index (χ1v) is 7.76. The van der Waals surface area contributed by atoms with E-state index in [0.717, 1.165) is 44.3 Å². The van der Waals surface area contributed by atoms with Gasteiger partial charge >= 0.3 is 0 Å². The highest BCUT2D eigenvalue weighted by Gasteiger charge is 2.51. The zero-order valence-electron chi connectivity index (χ0n) is 12.5. The van der Waals surface area contributed by atoms with Gasteiger partial charge in [-0.1, -0.05) is 12.5 Å². The summed E-state index contributed by atoms with van der Waals surface area (Å²) >= 11 is 0. The third-order valence-electron chi connectivity index (χ3n) is 5.33. The first-order valence-electron chi connectivity index (χ1n) is 7.76. The largest absolute Gasteiger partial charge is 0.310 e. The predicted molar refractivity (Wildman–Crippen MR) is 78.2 cm³/mol. The van der Waals surface area contributed by atoms with Crippen molar-refractivity contribution in [3.05, 3.63) is 11.8 Å². The van der Waals surface area contributed by atoms with Gasteiger partial charge in [-0.05, 0) is 32.6 Å². The number of carbonyl (C=O) groups excluding carboxylic acids is 1. The van der Waals surface area contributed by atoms with Crippen LogP contribution >= 0.6 is 0 Å². The van der Waals surface area contributed by atoms with Crippen LogP contribution in [0.1, 0.15) is 39.5 Å². The van der Waals surface area contributed by atoms with E-state index >= 15 is 0 Å². The van der Waals surface area contributed by atoms with Crippen molar-refractivity contribution in [2.45, 2.75) is 51.4 Å². The number of hydrogen-bond acceptors (Lipinski definition) is 4. The smallest absolute Gasteiger partial charge is 0.231 e. The Morgan fingerprint density at radius 1 is 1.35 bits per heavy atom. The highest BCUT2D eigenvalue weighted by atomic mass is 16.2. The van der Waals surface area contributed by atoms with E-state index in [2.05, 4.69) is 18.7 Å². The minimum atomic E-state index is -0.639. The fraction of sp³-hybridized carbons (Fsp3) is 0.800. The number of rotatable bonds is 2. The lowest BCUT2D eigenvalue weighted by Crippen LogP contribution is -2.75. The molecule has 112 valence electrons. The monoisotopic (exact) mass is 278 g/mol. The molecule has 5 nitrogen and oxygen atoms in total. The number of nitrogens with zero attached hydrogens (tertiary/aromatic N) is 2. The summed E-state index contributed by atoms with van der Waals surface area (Å²) in [6.45, 7) is 6.14. The van der Waals surface area contributed by atoms with Crippen LogP contribution in [0.4, 0.5) is 0 Å². The summed E-state index contributed by atoms with van der Waals surface area (Å²) in [4.78, 5) is 16.5. The topological polar surface area (TPSA) is 75.6 Å². The first kappa shape index (κ1) is 14.0. The van der Waals surface area contributed by atoms with Gasteiger partial charge in [0.2, 0.25) is 5.91 Å². The highest BCUT2D eigenvalue weighted by Crippen LogP contribution is 2.39. The quantitative estimate of drug-likeness (QED) is 0.784. The van der Waals surface area contributed by atoms with E-state index in [1.165, 1.54) is 0 Å². The van der Waals surface area contributed by atoms with Gasteiger partial charge in [0.25, 0.3) is 0 Å². The molecule has 2 fully saturated rings. The average Bonchev–Trinajstić information content (AvgIpc) is 3.14. The molecule has 0 radical (unpaired) electrons. The fourth-order valence-electron chi connectivity index (χ4n) is 3.56. The van der Waals surface area contributed by atoms with Gasteiger partial charge < -0.3 is 11.5 Å². The Labute approximate surface area is 121 Å². The van der Waals surface area contributed by atoms with E-state index in [4.69, 9.17) is 11.5 Å². The molecule has 1 saturated carbocycles. The Kier molecular flexibility index (Phi) is 3.39. The molecule has 0 aromatic carbocycles. The van der Waals surface area contributed by atoms with E-state index in [0.29, 0.717) is 0 Å². The van der Waals surface area contributed by atoms with E-state index in [1.54, 1.807) is 4.90 Å². The third-order valence-corrected chi connectivity index (χ3v) is 5.33. The second kappa shape index (κ2) is 4.83. The molecule has 20 heavy (non-hydrogen) atoms. The summed E-state index contributed by atoms with van der Waals surface area (Å²) in [6, 6.07) is 0. The summed E-state index contributed by atoms with van der Waals surface area (Å²) in [5.41, 5.74) is 13.7. The molecule has 0 aromatic rings. The zero-order chi connectivity index (χ0) is 14.5. The fourth-order valence-corrected chi connectivity index (χ4v) is 3.56. The van der Waals surface area contributed by atoms with Gasteiger partial charge in [0, 0.05) is 31.1 Å². The van der Waals surface area contributed by atoms with Crippen LogP contribution in [0, 0.1) is 11.8 Å². The molecule has 2 aliphatic heterocycles. The zero-order valence-corrected chi connectivity index (χ0v) is 12.5. The van der Waals surface area contributed by atoms with Crippen LogP contribution in [0.25, 0.3) is 0 Å². The minimum Gasteiger partial charge on any atom is -0.310 e. The minimum absolute atomic E-state index is 0.151. The summed E-state index contributed by atoms with van der Waals surface area (Å²) in [5, 5.41) is 0. The van der Waals surface area contributed by atoms with Crippen LogP contribution in [-0.4, -0.2) is 40.6 Å². The second-order valence-electron chi connectivity index (χ2n) is 6.64. The number of amides is 1. The molecule has 3 aliphatic rings. The molecule has 1 aliphatic carbocycles. The second-order valence-corrected chi connectivity index (χ2v) is 6.64. The van der Waals surface area contributed by atoms with Crippen LogP contribution in [0.5, 0.6) is 0 Å². The third kappa shape index (κ3) is 2.00. The lowest BCUT2D eigenvalue weighted by atomic mass is 9.82. The lowest BCUT2D eigenvalue weighted by Gasteiger charge is -2.52. The first-order chi connectivity index (χ1) is 9.46. The maximum Gasteiger partial charge on any atom is 0.231 e. The van der Waals surface area contributed by atoms with Gasteiger partial charge in [0.15, 0.2) is 0 Å². The summed E-state index contributed by atoms with van der Waals surface area (Å²) in [7, 11) is 0. The van der Waals surface area contributed by atoms with Gasteiger partial charge in [0.05, 0.1) is 0 Å². The number of carbonyl (C=O) groups is 1. The average molecular weight is 278 g/mol. The van der Waals surface area contributed by atoms with Gasteiger partial charge in [-0.15, -0.1) is 0 Å². The SMILES string of the molecule is CC1=CN(C(=O)C2CC2)C(N)C(N)(N2CCCC2)C1C. The maximum absolute atomic E-state index is 12.5. The van der Waals surface area contributed by atoms with Crippen molar-refractivity contribution >= 4 is 5.91 Å². The molecular formula is C15H26N4O. The molecule has 3 unspecified atom stereocenters. The van der Waals surface area contributed by atoms with Crippen molar-refractivity contribution in [3.8, 4) is 0 Å². The van der Waals surface area contributed by atoms with Crippen LogP contribution in [-0.2, 0) is 4.79 Å². The molecule has 0 bridgehead atoms. The molecular weight excluding hydrogens is 252 g/mol. The van der Waals surface area contributed by atoms with Crippen molar-refractivity contribution in [2.75, 3.05) is 13.1 Å².